The number of aromatic nitrogens is 2. The van der Waals surface area contributed by atoms with Crippen molar-refractivity contribution in [2.75, 3.05) is 19.5 Å². The Morgan fingerprint density at radius 2 is 2.04 bits per heavy atom. The van der Waals surface area contributed by atoms with Gasteiger partial charge in [0.1, 0.15) is 22.8 Å². The van der Waals surface area contributed by atoms with Crippen molar-refractivity contribution in [3.8, 4) is 11.5 Å². The third-order valence-corrected chi connectivity index (χ3v) is 4.58. The fourth-order valence-electron chi connectivity index (χ4n) is 2.89. The largest absolute Gasteiger partial charge is 0.497 e. The van der Waals surface area contributed by atoms with Gasteiger partial charge in [0, 0.05) is 16.7 Å². The average Bonchev–Trinajstić information content (AvgIpc) is 3.00. The molecule has 7 heteroatoms. The summed E-state index contributed by atoms with van der Waals surface area (Å²) in [6, 6.07) is 7.24. The lowest BCUT2D eigenvalue weighted by Gasteiger charge is -2.12. The molecule has 0 unspecified atom stereocenters. The molecule has 1 N–H and O–H groups in total. The van der Waals surface area contributed by atoms with Crippen molar-refractivity contribution in [2.45, 2.75) is 20.3 Å². The zero-order valence-corrected chi connectivity index (χ0v) is 16.7. The number of imidazole rings is 1. The molecule has 0 aliphatic carbocycles. The minimum absolute atomic E-state index is 0.240. The maximum Gasteiger partial charge on any atom is 0.274 e. The maximum atomic E-state index is 13.0. The van der Waals surface area contributed by atoms with Gasteiger partial charge in [-0.05, 0) is 53.0 Å². The first-order chi connectivity index (χ1) is 12.5. The highest BCUT2D eigenvalue weighted by atomic mass is 79.9. The molecule has 26 heavy (non-hydrogen) atoms. The van der Waals surface area contributed by atoms with E-state index in [4.69, 9.17) is 9.47 Å². The lowest BCUT2D eigenvalue weighted by molar-refractivity contribution is 0.102. The van der Waals surface area contributed by atoms with Crippen molar-refractivity contribution in [2.24, 2.45) is 0 Å². The SMILES string of the molecule is CCc1nc2c(C)cc(Br)cn2c1C(=O)Nc1ccc(OC)cc1OC. The molecule has 0 aliphatic heterocycles. The summed E-state index contributed by atoms with van der Waals surface area (Å²) in [7, 11) is 3.13. The van der Waals surface area contributed by atoms with Gasteiger partial charge in [-0.25, -0.2) is 4.98 Å². The van der Waals surface area contributed by atoms with E-state index in [0.29, 0.717) is 29.3 Å². The Labute approximate surface area is 160 Å². The Morgan fingerprint density at radius 3 is 2.69 bits per heavy atom. The van der Waals surface area contributed by atoms with E-state index in [9.17, 15) is 4.79 Å². The summed E-state index contributed by atoms with van der Waals surface area (Å²) in [5.74, 6) is 0.945. The molecule has 2 aromatic heterocycles. The number of nitrogens with one attached hydrogen (secondary N) is 1. The summed E-state index contributed by atoms with van der Waals surface area (Å²) in [6.07, 6.45) is 2.51. The number of hydrogen-bond acceptors (Lipinski definition) is 4. The molecule has 0 fully saturated rings. The van der Waals surface area contributed by atoms with Crippen molar-refractivity contribution < 1.29 is 14.3 Å². The van der Waals surface area contributed by atoms with E-state index in [-0.39, 0.29) is 5.91 Å². The quantitative estimate of drug-likeness (QED) is 0.674. The van der Waals surface area contributed by atoms with Gasteiger partial charge in [0.2, 0.25) is 0 Å². The summed E-state index contributed by atoms with van der Waals surface area (Å²) in [4.78, 5) is 17.7. The molecule has 6 nitrogen and oxygen atoms in total. The monoisotopic (exact) mass is 417 g/mol. The molecule has 1 amide bonds. The Kier molecular flexibility index (Phi) is 5.18. The standard InChI is InChI=1S/C19H20BrN3O3/c1-5-14-17(23-10-12(20)8-11(2)18(23)21-14)19(24)22-15-7-6-13(25-3)9-16(15)26-4/h6-10H,5H2,1-4H3,(H,22,24). The second-order valence-corrected chi connectivity index (χ2v) is 6.73. The van der Waals surface area contributed by atoms with Gasteiger partial charge in [0.15, 0.2) is 0 Å². The van der Waals surface area contributed by atoms with Crippen LogP contribution in [0.15, 0.2) is 34.9 Å². The van der Waals surface area contributed by atoms with E-state index < -0.39 is 0 Å². The number of benzene rings is 1. The van der Waals surface area contributed by atoms with Gasteiger partial charge in [-0.1, -0.05) is 6.92 Å². The zero-order valence-electron chi connectivity index (χ0n) is 15.1. The van der Waals surface area contributed by atoms with Gasteiger partial charge >= 0.3 is 0 Å². The molecule has 0 aliphatic rings. The van der Waals surface area contributed by atoms with E-state index in [1.807, 2.05) is 30.5 Å². The molecule has 0 atom stereocenters. The van der Waals surface area contributed by atoms with Crippen LogP contribution in [0.5, 0.6) is 11.5 Å². The average molecular weight is 418 g/mol. The summed E-state index contributed by atoms with van der Waals surface area (Å²) >= 11 is 3.49. The number of ether oxygens (including phenoxy) is 2. The Morgan fingerprint density at radius 1 is 1.27 bits per heavy atom. The molecule has 0 spiro atoms. The second-order valence-electron chi connectivity index (χ2n) is 5.82. The summed E-state index contributed by atoms with van der Waals surface area (Å²) < 4.78 is 13.3. The third kappa shape index (κ3) is 3.26. The van der Waals surface area contributed by atoms with Gasteiger partial charge < -0.3 is 14.8 Å². The van der Waals surface area contributed by atoms with Crippen molar-refractivity contribution in [1.82, 2.24) is 9.38 Å². The highest BCUT2D eigenvalue weighted by molar-refractivity contribution is 9.10. The summed E-state index contributed by atoms with van der Waals surface area (Å²) in [6.45, 7) is 3.96. The fourth-order valence-corrected chi connectivity index (χ4v) is 3.43. The van der Waals surface area contributed by atoms with E-state index in [1.54, 1.807) is 32.4 Å². The molecule has 0 saturated carbocycles. The number of aryl methyl sites for hydroxylation is 2. The lowest BCUT2D eigenvalue weighted by atomic mass is 10.2. The predicted molar refractivity (Wildman–Crippen MR) is 105 cm³/mol. The normalized spacial score (nSPS) is 10.8. The first kappa shape index (κ1) is 18.3. The first-order valence-electron chi connectivity index (χ1n) is 8.19. The van der Waals surface area contributed by atoms with E-state index in [1.165, 1.54) is 0 Å². The van der Waals surface area contributed by atoms with Crippen molar-refractivity contribution >= 4 is 33.2 Å². The maximum absolute atomic E-state index is 13.0. The van der Waals surface area contributed by atoms with Gasteiger partial charge in [-0.15, -0.1) is 0 Å². The molecule has 0 radical (unpaired) electrons. The number of rotatable bonds is 5. The molecule has 136 valence electrons. The van der Waals surface area contributed by atoms with Crippen LogP contribution in [0.3, 0.4) is 0 Å². The highest BCUT2D eigenvalue weighted by Gasteiger charge is 2.21. The van der Waals surface area contributed by atoms with Crippen LogP contribution in [0, 0.1) is 6.92 Å². The molecular weight excluding hydrogens is 398 g/mol. The van der Waals surface area contributed by atoms with Crippen LogP contribution in [0.1, 0.15) is 28.7 Å². The number of methoxy groups -OCH3 is 2. The number of nitrogens with zero attached hydrogens (tertiary/aromatic N) is 2. The van der Waals surface area contributed by atoms with Crippen molar-refractivity contribution in [3.05, 3.63) is 51.9 Å². The van der Waals surface area contributed by atoms with Crippen LogP contribution in [0.4, 0.5) is 5.69 Å². The van der Waals surface area contributed by atoms with Crippen molar-refractivity contribution in [3.63, 3.8) is 0 Å². The van der Waals surface area contributed by atoms with Gasteiger partial charge in [-0.3, -0.25) is 9.20 Å². The Bertz CT molecular complexity index is 982. The third-order valence-electron chi connectivity index (χ3n) is 4.15. The van der Waals surface area contributed by atoms with Gasteiger partial charge in [-0.2, -0.15) is 0 Å². The number of fused-ring (bicyclic) bond motifs is 1. The number of hydrogen-bond donors (Lipinski definition) is 1. The lowest BCUT2D eigenvalue weighted by Crippen LogP contribution is -2.17. The van der Waals surface area contributed by atoms with Crippen LogP contribution in [0.25, 0.3) is 5.65 Å². The number of halogens is 1. The minimum Gasteiger partial charge on any atom is -0.497 e. The Hall–Kier alpha value is -2.54. The summed E-state index contributed by atoms with van der Waals surface area (Å²) in [5, 5.41) is 2.93. The van der Waals surface area contributed by atoms with Crippen LogP contribution in [-0.2, 0) is 6.42 Å². The molecule has 1 aromatic carbocycles. The van der Waals surface area contributed by atoms with E-state index in [2.05, 4.69) is 26.2 Å². The zero-order chi connectivity index (χ0) is 18.8. The topological polar surface area (TPSA) is 64.9 Å². The molecule has 2 heterocycles. The molecule has 3 aromatic rings. The molecule has 3 rings (SSSR count). The minimum atomic E-state index is -0.240. The second kappa shape index (κ2) is 7.37. The van der Waals surface area contributed by atoms with E-state index in [0.717, 1.165) is 21.4 Å². The van der Waals surface area contributed by atoms with Gasteiger partial charge in [0.05, 0.1) is 25.6 Å². The fraction of sp³-hybridized carbons (Fsp3) is 0.263. The van der Waals surface area contributed by atoms with E-state index >= 15 is 0 Å². The molecule has 0 bridgehead atoms. The predicted octanol–water partition coefficient (Wildman–Crippen LogP) is 4.24. The van der Waals surface area contributed by atoms with Crippen LogP contribution in [-0.4, -0.2) is 29.5 Å². The smallest absolute Gasteiger partial charge is 0.274 e. The molecular formula is C19H20BrN3O3. The summed E-state index contributed by atoms with van der Waals surface area (Å²) in [5.41, 5.74) is 3.61. The first-order valence-corrected chi connectivity index (χ1v) is 8.98. The van der Waals surface area contributed by atoms with Crippen LogP contribution in [0.2, 0.25) is 0 Å². The Balaban J connectivity index is 2.06. The number of carbonyl (C=O) groups excluding carboxylic acids is 1. The number of pyridine rings is 1. The molecule has 0 saturated heterocycles. The van der Waals surface area contributed by atoms with Crippen molar-refractivity contribution in [1.29, 1.82) is 0 Å². The number of carbonyl (C=O) groups is 1. The van der Waals surface area contributed by atoms with Gasteiger partial charge in [0.25, 0.3) is 5.91 Å². The number of anilines is 1. The van der Waals surface area contributed by atoms with Crippen LogP contribution < -0.4 is 14.8 Å². The van der Waals surface area contributed by atoms with Crippen LogP contribution >= 0.6 is 15.9 Å². The number of amides is 1. The highest BCUT2D eigenvalue weighted by Crippen LogP contribution is 2.30.